The smallest absolute Gasteiger partial charge is 0.243 e. The van der Waals surface area contributed by atoms with E-state index in [-0.39, 0.29) is 6.04 Å². The van der Waals surface area contributed by atoms with Crippen LogP contribution in [0.1, 0.15) is 32.3 Å². The van der Waals surface area contributed by atoms with E-state index in [2.05, 4.69) is 13.8 Å². The normalized spacial score (nSPS) is 21.2. The van der Waals surface area contributed by atoms with E-state index >= 15 is 0 Å². The van der Waals surface area contributed by atoms with Crippen LogP contribution in [0.15, 0.2) is 23.1 Å². The van der Waals surface area contributed by atoms with E-state index in [9.17, 15) is 8.42 Å². The summed E-state index contributed by atoms with van der Waals surface area (Å²) in [6.07, 6.45) is 1.88. The van der Waals surface area contributed by atoms with Crippen molar-refractivity contribution in [2.24, 2.45) is 5.92 Å². The lowest BCUT2D eigenvalue weighted by atomic mass is 10.0. The van der Waals surface area contributed by atoms with E-state index in [0.717, 1.165) is 18.4 Å². The van der Waals surface area contributed by atoms with Crippen molar-refractivity contribution < 1.29 is 8.42 Å². The quantitative estimate of drug-likeness (QED) is 0.866. The van der Waals surface area contributed by atoms with Crippen LogP contribution in [-0.2, 0) is 10.0 Å². The maximum Gasteiger partial charge on any atom is 0.243 e. The molecule has 19 heavy (non-hydrogen) atoms. The fourth-order valence-corrected chi connectivity index (χ4v) is 4.51. The number of rotatable bonds is 3. The maximum absolute atomic E-state index is 12.7. The Bertz CT molecular complexity index is 567. The number of benzene rings is 1. The molecular weight excluding hydrogens is 260 g/mol. The molecule has 2 rings (SSSR count). The molecule has 0 radical (unpaired) electrons. The zero-order chi connectivity index (χ0) is 14.2. The van der Waals surface area contributed by atoms with Gasteiger partial charge in [-0.1, -0.05) is 19.9 Å². The number of nitrogen functional groups attached to an aromatic ring is 1. The van der Waals surface area contributed by atoms with Crippen LogP contribution in [0.5, 0.6) is 0 Å². The zero-order valence-corrected chi connectivity index (χ0v) is 12.6. The molecule has 1 aliphatic rings. The minimum absolute atomic E-state index is 0.104. The Morgan fingerprint density at radius 3 is 2.63 bits per heavy atom. The number of anilines is 1. The van der Waals surface area contributed by atoms with Gasteiger partial charge in [0.05, 0.1) is 4.90 Å². The number of sulfonamides is 1. The SMILES string of the molecule is Cc1ccc(S(=O)(=O)N2CCCC2C(C)C)cc1N. The van der Waals surface area contributed by atoms with Crippen molar-refractivity contribution in [2.45, 2.75) is 44.6 Å². The molecule has 1 heterocycles. The van der Waals surface area contributed by atoms with Crippen LogP contribution in [-0.4, -0.2) is 25.3 Å². The van der Waals surface area contributed by atoms with Gasteiger partial charge >= 0.3 is 0 Å². The molecule has 0 bridgehead atoms. The van der Waals surface area contributed by atoms with Crippen LogP contribution in [0.4, 0.5) is 5.69 Å². The summed E-state index contributed by atoms with van der Waals surface area (Å²) in [4.78, 5) is 0.308. The van der Waals surface area contributed by atoms with Gasteiger partial charge in [-0.15, -0.1) is 0 Å². The number of hydrogen-bond acceptors (Lipinski definition) is 3. The van der Waals surface area contributed by atoms with Gasteiger partial charge in [-0.05, 0) is 43.4 Å². The summed E-state index contributed by atoms with van der Waals surface area (Å²) in [6.45, 7) is 6.63. The molecular formula is C14H22N2O2S. The van der Waals surface area contributed by atoms with Gasteiger partial charge < -0.3 is 5.73 Å². The monoisotopic (exact) mass is 282 g/mol. The first-order valence-electron chi connectivity index (χ1n) is 6.72. The zero-order valence-electron chi connectivity index (χ0n) is 11.8. The fourth-order valence-electron chi connectivity index (χ4n) is 2.64. The van der Waals surface area contributed by atoms with Gasteiger partial charge in [0, 0.05) is 18.3 Å². The molecule has 1 atom stereocenters. The molecule has 106 valence electrons. The second kappa shape index (κ2) is 5.13. The van der Waals surface area contributed by atoms with E-state index in [1.165, 1.54) is 0 Å². The highest BCUT2D eigenvalue weighted by molar-refractivity contribution is 7.89. The number of nitrogens with two attached hydrogens (primary N) is 1. The lowest BCUT2D eigenvalue weighted by Crippen LogP contribution is -2.38. The highest BCUT2D eigenvalue weighted by Gasteiger charge is 2.36. The summed E-state index contributed by atoms with van der Waals surface area (Å²) in [5, 5.41) is 0. The topological polar surface area (TPSA) is 63.4 Å². The van der Waals surface area contributed by atoms with Gasteiger partial charge in [-0.3, -0.25) is 0 Å². The molecule has 0 aromatic heterocycles. The van der Waals surface area contributed by atoms with E-state index in [0.29, 0.717) is 23.0 Å². The number of aryl methyl sites for hydroxylation is 1. The molecule has 0 amide bonds. The van der Waals surface area contributed by atoms with Gasteiger partial charge in [0.2, 0.25) is 10.0 Å². The summed E-state index contributed by atoms with van der Waals surface area (Å²) < 4.78 is 27.0. The van der Waals surface area contributed by atoms with Gasteiger partial charge in [-0.25, -0.2) is 8.42 Å². The van der Waals surface area contributed by atoms with Crippen LogP contribution < -0.4 is 5.73 Å². The van der Waals surface area contributed by atoms with Crippen LogP contribution in [0, 0.1) is 12.8 Å². The predicted octanol–water partition coefficient (Wildman–Crippen LogP) is 2.39. The fraction of sp³-hybridized carbons (Fsp3) is 0.571. The van der Waals surface area contributed by atoms with E-state index < -0.39 is 10.0 Å². The van der Waals surface area contributed by atoms with Crippen LogP contribution in [0.2, 0.25) is 0 Å². The Morgan fingerprint density at radius 2 is 2.05 bits per heavy atom. The predicted molar refractivity (Wildman–Crippen MR) is 77.3 cm³/mol. The molecule has 1 unspecified atom stereocenters. The van der Waals surface area contributed by atoms with Crippen molar-refractivity contribution in [1.82, 2.24) is 4.31 Å². The van der Waals surface area contributed by atoms with Crippen LogP contribution in [0.3, 0.4) is 0 Å². The third-order valence-electron chi connectivity index (χ3n) is 3.88. The van der Waals surface area contributed by atoms with Crippen LogP contribution in [0.25, 0.3) is 0 Å². The molecule has 5 heteroatoms. The van der Waals surface area contributed by atoms with E-state index in [1.54, 1.807) is 22.5 Å². The molecule has 2 N–H and O–H groups in total. The van der Waals surface area contributed by atoms with Gasteiger partial charge in [0.25, 0.3) is 0 Å². The third kappa shape index (κ3) is 2.62. The number of nitrogens with zero attached hydrogens (tertiary/aromatic N) is 1. The summed E-state index contributed by atoms with van der Waals surface area (Å²) in [7, 11) is -3.42. The van der Waals surface area contributed by atoms with Crippen molar-refractivity contribution in [1.29, 1.82) is 0 Å². The van der Waals surface area contributed by atoms with Crippen molar-refractivity contribution in [3.05, 3.63) is 23.8 Å². The maximum atomic E-state index is 12.7. The molecule has 1 aromatic carbocycles. The highest BCUT2D eigenvalue weighted by atomic mass is 32.2. The molecule has 1 fully saturated rings. The molecule has 0 spiro atoms. The van der Waals surface area contributed by atoms with E-state index in [1.807, 2.05) is 6.92 Å². The summed E-state index contributed by atoms with van der Waals surface area (Å²) in [6, 6.07) is 5.09. The Balaban J connectivity index is 2.39. The second-order valence-corrected chi connectivity index (χ2v) is 7.48. The summed E-state index contributed by atoms with van der Waals surface area (Å²) in [5.41, 5.74) is 7.26. The first-order valence-corrected chi connectivity index (χ1v) is 8.16. The lowest BCUT2D eigenvalue weighted by Gasteiger charge is -2.27. The Hall–Kier alpha value is -1.07. The molecule has 4 nitrogen and oxygen atoms in total. The average Bonchev–Trinajstić information content (AvgIpc) is 2.82. The Labute approximate surface area is 115 Å². The first-order chi connectivity index (χ1) is 8.84. The van der Waals surface area contributed by atoms with Crippen molar-refractivity contribution >= 4 is 15.7 Å². The minimum atomic E-state index is -3.42. The van der Waals surface area contributed by atoms with Crippen molar-refractivity contribution in [3.8, 4) is 0 Å². The molecule has 1 aliphatic heterocycles. The number of hydrogen-bond donors (Lipinski definition) is 1. The van der Waals surface area contributed by atoms with Crippen molar-refractivity contribution in [3.63, 3.8) is 0 Å². The standard InChI is InChI=1S/C14H22N2O2S/c1-10(2)14-5-4-8-16(14)19(17,18)12-7-6-11(3)13(15)9-12/h6-7,9-10,14H,4-5,8,15H2,1-3H3. The Kier molecular flexibility index (Phi) is 3.87. The Morgan fingerprint density at radius 1 is 1.37 bits per heavy atom. The van der Waals surface area contributed by atoms with E-state index in [4.69, 9.17) is 5.73 Å². The van der Waals surface area contributed by atoms with Crippen LogP contribution >= 0.6 is 0 Å². The van der Waals surface area contributed by atoms with Gasteiger partial charge in [0.15, 0.2) is 0 Å². The second-order valence-electron chi connectivity index (χ2n) is 5.59. The first kappa shape index (κ1) is 14.3. The lowest BCUT2D eigenvalue weighted by molar-refractivity contribution is 0.316. The third-order valence-corrected chi connectivity index (χ3v) is 5.80. The highest BCUT2D eigenvalue weighted by Crippen LogP contribution is 2.31. The van der Waals surface area contributed by atoms with Gasteiger partial charge in [0.1, 0.15) is 0 Å². The van der Waals surface area contributed by atoms with Crippen molar-refractivity contribution in [2.75, 3.05) is 12.3 Å². The molecule has 0 saturated carbocycles. The summed E-state index contributed by atoms with van der Waals surface area (Å²) in [5.74, 6) is 0.333. The molecule has 1 aromatic rings. The van der Waals surface area contributed by atoms with Gasteiger partial charge in [-0.2, -0.15) is 4.31 Å². The summed E-state index contributed by atoms with van der Waals surface area (Å²) >= 11 is 0. The average molecular weight is 282 g/mol. The largest absolute Gasteiger partial charge is 0.398 e. The molecule has 0 aliphatic carbocycles. The molecule has 1 saturated heterocycles. The minimum Gasteiger partial charge on any atom is -0.398 e.